The van der Waals surface area contributed by atoms with Gasteiger partial charge in [0.15, 0.2) is 0 Å². The van der Waals surface area contributed by atoms with E-state index in [9.17, 15) is 20.4 Å². The predicted molar refractivity (Wildman–Crippen MR) is 176 cm³/mol. The maximum Gasteiger partial charge on any atom is 0.122 e. The number of aromatic nitrogens is 1. The number of rotatable bonds is 6. The first kappa shape index (κ1) is 30.7. The molecule has 0 aliphatic carbocycles. The van der Waals surface area contributed by atoms with Crippen LogP contribution in [0.1, 0.15) is 90.0 Å². The number of hydrogen-bond donors (Lipinski definition) is 4. The number of aryl methyl sites for hydroxylation is 8. The van der Waals surface area contributed by atoms with Gasteiger partial charge in [-0.25, -0.2) is 0 Å². The van der Waals surface area contributed by atoms with E-state index in [0.29, 0.717) is 33.6 Å². The molecule has 5 heteroatoms. The molecule has 0 bridgehead atoms. The Labute approximate surface area is 260 Å². The largest absolute Gasteiger partial charge is 0.507 e. The Bertz CT molecular complexity index is 1660. The van der Waals surface area contributed by atoms with Crippen LogP contribution in [0.15, 0.2) is 66.7 Å². The molecule has 0 fully saturated rings. The van der Waals surface area contributed by atoms with Crippen LogP contribution in [0.25, 0.3) is 0 Å². The third-order valence-corrected chi connectivity index (χ3v) is 8.52. The van der Waals surface area contributed by atoms with E-state index in [1.807, 2.05) is 122 Å². The fourth-order valence-corrected chi connectivity index (χ4v) is 6.61. The summed E-state index contributed by atoms with van der Waals surface area (Å²) >= 11 is 0. The number of phenolic OH excluding ortho intramolecular Hbond substituents is 4. The molecule has 0 unspecified atom stereocenters. The molecule has 4 N–H and O–H groups in total. The van der Waals surface area contributed by atoms with E-state index in [-0.39, 0.29) is 23.0 Å². The standard InChI is InChI=1S/C39H41NO4/c1-20-12-24(5)36(41)28(16-20)34(29-17-21(2)13-25(6)37(29)42)32-10-9-11-33(40-32)35(30-18-22(3)14-26(7)38(30)43)31-19-23(4)15-27(8)39(31)44/h9-19,34-35,41-44H,1-8H3. The summed E-state index contributed by atoms with van der Waals surface area (Å²) in [4.78, 5) is 5.24. The average Bonchev–Trinajstić information content (AvgIpc) is 2.95. The molecule has 4 aromatic carbocycles. The summed E-state index contributed by atoms with van der Waals surface area (Å²) in [6.07, 6.45) is 0. The van der Waals surface area contributed by atoms with E-state index in [2.05, 4.69) is 0 Å². The molecule has 0 aliphatic rings. The molecule has 0 spiro atoms. The minimum atomic E-state index is -0.589. The van der Waals surface area contributed by atoms with Crippen molar-refractivity contribution in [2.45, 2.75) is 67.2 Å². The number of pyridine rings is 1. The van der Waals surface area contributed by atoms with Gasteiger partial charge in [-0.2, -0.15) is 0 Å². The van der Waals surface area contributed by atoms with Crippen LogP contribution in [0.3, 0.4) is 0 Å². The zero-order chi connectivity index (χ0) is 32.0. The Kier molecular flexibility index (Phi) is 8.17. The van der Waals surface area contributed by atoms with E-state index in [4.69, 9.17) is 4.98 Å². The van der Waals surface area contributed by atoms with Crippen molar-refractivity contribution in [3.05, 3.63) is 145 Å². The maximum atomic E-state index is 11.4. The summed E-state index contributed by atoms with van der Waals surface area (Å²) in [5, 5.41) is 45.6. The van der Waals surface area contributed by atoms with Crippen molar-refractivity contribution in [2.24, 2.45) is 0 Å². The van der Waals surface area contributed by atoms with Crippen LogP contribution in [-0.4, -0.2) is 25.4 Å². The van der Waals surface area contributed by atoms with Gasteiger partial charge in [0.25, 0.3) is 0 Å². The minimum Gasteiger partial charge on any atom is -0.507 e. The second-order valence-electron chi connectivity index (χ2n) is 12.4. The van der Waals surface area contributed by atoms with Crippen LogP contribution >= 0.6 is 0 Å². The molecule has 5 aromatic rings. The Balaban J connectivity index is 1.84. The highest BCUT2D eigenvalue weighted by molar-refractivity contribution is 5.59. The highest BCUT2D eigenvalue weighted by Crippen LogP contribution is 2.46. The fourth-order valence-electron chi connectivity index (χ4n) is 6.61. The molecule has 0 saturated heterocycles. The third kappa shape index (κ3) is 5.62. The lowest BCUT2D eigenvalue weighted by Crippen LogP contribution is -2.13. The van der Waals surface area contributed by atoms with Crippen molar-refractivity contribution in [3.8, 4) is 23.0 Å². The second kappa shape index (κ2) is 11.7. The lowest BCUT2D eigenvalue weighted by molar-refractivity contribution is 0.452. The molecule has 1 heterocycles. The van der Waals surface area contributed by atoms with E-state index in [1.165, 1.54) is 0 Å². The van der Waals surface area contributed by atoms with Crippen LogP contribution in [0.5, 0.6) is 23.0 Å². The molecule has 0 saturated carbocycles. The molecular formula is C39H41NO4. The maximum absolute atomic E-state index is 11.4. The second-order valence-corrected chi connectivity index (χ2v) is 12.4. The molecule has 1 aromatic heterocycles. The van der Waals surface area contributed by atoms with Gasteiger partial charge in [-0.15, -0.1) is 0 Å². The van der Waals surface area contributed by atoms with Crippen molar-refractivity contribution < 1.29 is 20.4 Å². The average molecular weight is 588 g/mol. The van der Waals surface area contributed by atoms with Gasteiger partial charge in [-0.3, -0.25) is 4.98 Å². The van der Waals surface area contributed by atoms with Crippen LogP contribution in [0.4, 0.5) is 0 Å². The molecule has 5 nitrogen and oxygen atoms in total. The number of hydrogen-bond acceptors (Lipinski definition) is 5. The molecular weight excluding hydrogens is 546 g/mol. The lowest BCUT2D eigenvalue weighted by atomic mass is 9.82. The number of phenols is 4. The van der Waals surface area contributed by atoms with Gasteiger partial charge < -0.3 is 20.4 Å². The van der Waals surface area contributed by atoms with Crippen molar-refractivity contribution in [3.63, 3.8) is 0 Å². The zero-order valence-electron chi connectivity index (χ0n) is 26.7. The van der Waals surface area contributed by atoms with Gasteiger partial charge in [0.2, 0.25) is 0 Å². The van der Waals surface area contributed by atoms with Gasteiger partial charge >= 0.3 is 0 Å². The van der Waals surface area contributed by atoms with Gasteiger partial charge in [-0.1, -0.05) is 76.9 Å². The SMILES string of the molecule is Cc1cc(C)c(O)c(C(c2cccc(C(c3cc(C)cc(C)c3O)c3cc(C)cc(C)c3O)n2)c2cc(C)cc(C)c2O)c1. The zero-order valence-corrected chi connectivity index (χ0v) is 26.7. The molecule has 5 rings (SSSR count). The van der Waals surface area contributed by atoms with E-state index in [0.717, 1.165) is 44.5 Å². The summed E-state index contributed by atoms with van der Waals surface area (Å²) in [5.41, 5.74) is 10.7. The van der Waals surface area contributed by atoms with Crippen LogP contribution in [-0.2, 0) is 0 Å². The highest BCUT2D eigenvalue weighted by Gasteiger charge is 2.30. The highest BCUT2D eigenvalue weighted by atomic mass is 16.3. The first-order valence-electron chi connectivity index (χ1n) is 14.9. The van der Waals surface area contributed by atoms with E-state index < -0.39 is 11.8 Å². The third-order valence-electron chi connectivity index (χ3n) is 8.52. The Morgan fingerprint density at radius 2 is 0.659 bits per heavy atom. The van der Waals surface area contributed by atoms with Crippen molar-refractivity contribution in [1.82, 2.24) is 4.98 Å². The number of aromatic hydroxyl groups is 4. The minimum absolute atomic E-state index is 0.154. The van der Waals surface area contributed by atoms with Gasteiger partial charge in [0.05, 0.1) is 23.2 Å². The lowest BCUT2D eigenvalue weighted by Gasteiger charge is -2.26. The number of benzene rings is 4. The van der Waals surface area contributed by atoms with Gasteiger partial charge in [-0.05, 0) is 89.8 Å². The van der Waals surface area contributed by atoms with Crippen molar-refractivity contribution >= 4 is 0 Å². The van der Waals surface area contributed by atoms with E-state index in [1.54, 1.807) is 0 Å². The van der Waals surface area contributed by atoms with Crippen LogP contribution < -0.4 is 0 Å². The first-order valence-corrected chi connectivity index (χ1v) is 14.9. The summed E-state index contributed by atoms with van der Waals surface area (Å²) in [6, 6.07) is 21.2. The number of nitrogens with zero attached hydrogens (tertiary/aromatic N) is 1. The summed E-state index contributed by atoms with van der Waals surface area (Å²) in [7, 11) is 0. The molecule has 0 amide bonds. The Morgan fingerprint density at radius 3 is 0.909 bits per heavy atom. The normalized spacial score (nSPS) is 11.5. The first-order chi connectivity index (χ1) is 20.8. The predicted octanol–water partition coefficient (Wildman–Crippen LogP) is 8.73. The van der Waals surface area contributed by atoms with Crippen molar-refractivity contribution in [2.75, 3.05) is 0 Å². The summed E-state index contributed by atoms with van der Waals surface area (Å²) < 4.78 is 0. The molecule has 226 valence electrons. The quantitative estimate of drug-likeness (QED) is 0.159. The summed E-state index contributed by atoms with van der Waals surface area (Å²) in [5.74, 6) is -0.561. The summed E-state index contributed by atoms with van der Waals surface area (Å²) in [6.45, 7) is 15.4. The van der Waals surface area contributed by atoms with Crippen LogP contribution in [0.2, 0.25) is 0 Å². The molecule has 0 aliphatic heterocycles. The van der Waals surface area contributed by atoms with Crippen LogP contribution in [0, 0.1) is 55.4 Å². The fraction of sp³-hybridized carbons (Fsp3) is 0.256. The molecule has 0 atom stereocenters. The van der Waals surface area contributed by atoms with Gasteiger partial charge in [0, 0.05) is 22.3 Å². The smallest absolute Gasteiger partial charge is 0.122 e. The Morgan fingerprint density at radius 1 is 0.409 bits per heavy atom. The topological polar surface area (TPSA) is 93.8 Å². The molecule has 44 heavy (non-hydrogen) atoms. The van der Waals surface area contributed by atoms with Gasteiger partial charge in [0.1, 0.15) is 23.0 Å². The Hall–Kier alpha value is -4.77. The molecule has 0 radical (unpaired) electrons. The van der Waals surface area contributed by atoms with E-state index >= 15 is 0 Å². The monoisotopic (exact) mass is 587 g/mol. The van der Waals surface area contributed by atoms with Crippen molar-refractivity contribution in [1.29, 1.82) is 0 Å².